The second-order valence-corrected chi connectivity index (χ2v) is 7.74. The minimum atomic E-state index is -0.431. The number of rotatable bonds is 3. The first kappa shape index (κ1) is 17.1. The van der Waals surface area contributed by atoms with Crippen LogP contribution < -0.4 is 5.32 Å². The van der Waals surface area contributed by atoms with Gasteiger partial charge in [-0.05, 0) is 63.8 Å². The zero-order valence-electron chi connectivity index (χ0n) is 13.6. The monoisotopic (exact) mass is 368 g/mol. The molecule has 1 amide bonds. The fourth-order valence-corrected chi connectivity index (χ4v) is 2.82. The zero-order valence-corrected chi connectivity index (χ0v) is 15.1. The van der Waals surface area contributed by atoms with Crippen molar-refractivity contribution in [3.63, 3.8) is 0 Å². The van der Waals surface area contributed by atoms with E-state index in [-0.39, 0.29) is 6.09 Å². The summed E-state index contributed by atoms with van der Waals surface area (Å²) in [5.74, 6) is 0.463. The molecule has 0 radical (unpaired) electrons. The lowest BCUT2D eigenvalue weighted by Crippen LogP contribution is -2.44. The van der Waals surface area contributed by atoms with Crippen LogP contribution in [0.3, 0.4) is 0 Å². The van der Waals surface area contributed by atoms with Gasteiger partial charge in [-0.25, -0.2) is 4.79 Å². The lowest BCUT2D eigenvalue weighted by atomic mass is 9.98. The Morgan fingerprint density at radius 2 is 2.05 bits per heavy atom. The van der Waals surface area contributed by atoms with E-state index in [4.69, 9.17) is 4.74 Å². The molecule has 1 aliphatic rings. The summed E-state index contributed by atoms with van der Waals surface area (Å²) in [6.07, 6.45) is 1.98. The molecule has 22 heavy (non-hydrogen) atoms. The Balaban J connectivity index is 1.82. The van der Waals surface area contributed by atoms with Crippen LogP contribution in [0.25, 0.3) is 0 Å². The average molecular weight is 369 g/mol. The second kappa shape index (κ2) is 7.36. The Morgan fingerprint density at radius 3 is 2.68 bits per heavy atom. The fourth-order valence-electron chi connectivity index (χ4n) is 2.55. The number of hydrogen-bond acceptors (Lipinski definition) is 3. The van der Waals surface area contributed by atoms with Crippen LogP contribution in [0.2, 0.25) is 0 Å². The van der Waals surface area contributed by atoms with Crippen molar-refractivity contribution in [2.24, 2.45) is 5.92 Å². The van der Waals surface area contributed by atoms with Gasteiger partial charge in [0.1, 0.15) is 5.60 Å². The van der Waals surface area contributed by atoms with E-state index in [1.807, 2.05) is 37.8 Å². The van der Waals surface area contributed by atoms with Crippen LogP contribution in [0.5, 0.6) is 0 Å². The molecule has 1 fully saturated rings. The number of carbonyl (C=O) groups excluding carboxylic acids is 1. The Morgan fingerprint density at radius 1 is 1.36 bits per heavy atom. The Labute approximate surface area is 141 Å². The average Bonchev–Trinajstić information content (AvgIpc) is 2.45. The van der Waals surface area contributed by atoms with E-state index in [0.717, 1.165) is 42.6 Å². The normalized spacial score (nSPS) is 18.9. The van der Waals surface area contributed by atoms with Gasteiger partial charge in [-0.1, -0.05) is 15.9 Å². The van der Waals surface area contributed by atoms with Crippen molar-refractivity contribution in [1.29, 1.82) is 0 Å². The number of hydrogen-bond donors (Lipinski definition) is 1. The molecule has 1 N–H and O–H groups in total. The van der Waals surface area contributed by atoms with Crippen molar-refractivity contribution in [2.45, 2.75) is 39.2 Å². The molecule has 1 heterocycles. The predicted molar refractivity (Wildman–Crippen MR) is 93.2 cm³/mol. The summed E-state index contributed by atoms with van der Waals surface area (Å²) in [5.41, 5.74) is 0.678. The first-order valence-corrected chi connectivity index (χ1v) is 8.60. The molecule has 0 bridgehead atoms. The second-order valence-electron chi connectivity index (χ2n) is 6.82. The third-order valence-corrected chi connectivity index (χ3v) is 4.14. The zero-order chi connectivity index (χ0) is 16.2. The molecular weight excluding hydrogens is 344 g/mol. The lowest BCUT2D eigenvalue weighted by Gasteiger charge is -2.34. The smallest absolute Gasteiger partial charge is 0.410 e. The van der Waals surface area contributed by atoms with Gasteiger partial charge in [-0.2, -0.15) is 0 Å². The Bertz CT molecular complexity index is 496. The molecular formula is C17H25BrN2O2. The van der Waals surface area contributed by atoms with E-state index in [0.29, 0.717) is 5.92 Å². The number of carbonyl (C=O) groups is 1. The number of piperidine rings is 1. The number of benzene rings is 1. The Hall–Kier alpha value is -1.23. The SMILES string of the molecule is CC(C)(C)OC(=O)N1CCCC(CNc2ccc(Br)cc2)C1. The number of halogens is 1. The minimum absolute atomic E-state index is 0.194. The van der Waals surface area contributed by atoms with Crippen molar-refractivity contribution in [2.75, 3.05) is 25.0 Å². The molecule has 0 aliphatic carbocycles. The van der Waals surface area contributed by atoms with Crippen LogP contribution >= 0.6 is 15.9 Å². The summed E-state index contributed by atoms with van der Waals surface area (Å²) in [6, 6.07) is 8.16. The van der Waals surface area contributed by atoms with E-state index < -0.39 is 5.60 Å². The Kier molecular flexibility index (Phi) is 5.73. The van der Waals surface area contributed by atoms with Gasteiger partial charge in [0, 0.05) is 29.8 Å². The maximum atomic E-state index is 12.1. The third kappa shape index (κ3) is 5.52. The molecule has 122 valence electrons. The van der Waals surface area contributed by atoms with Gasteiger partial charge in [0.05, 0.1) is 0 Å². The van der Waals surface area contributed by atoms with Crippen molar-refractivity contribution >= 4 is 27.7 Å². The number of likely N-dealkylation sites (tertiary alicyclic amines) is 1. The van der Waals surface area contributed by atoms with Crippen molar-refractivity contribution in [1.82, 2.24) is 4.90 Å². The molecule has 1 atom stereocenters. The molecule has 5 heteroatoms. The highest BCUT2D eigenvalue weighted by molar-refractivity contribution is 9.10. The van der Waals surface area contributed by atoms with Crippen LogP contribution in [0.4, 0.5) is 10.5 Å². The molecule has 0 saturated carbocycles. The molecule has 1 aliphatic heterocycles. The fraction of sp³-hybridized carbons (Fsp3) is 0.588. The maximum Gasteiger partial charge on any atom is 0.410 e. The standard InChI is InChI=1S/C17H25BrN2O2/c1-17(2,3)22-16(21)20-10-4-5-13(12-20)11-19-15-8-6-14(18)7-9-15/h6-9,13,19H,4-5,10-12H2,1-3H3. The maximum absolute atomic E-state index is 12.1. The number of amides is 1. The summed E-state index contributed by atoms with van der Waals surface area (Å²) in [5, 5.41) is 3.45. The molecule has 0 aromatic heterocycles. The molecule has 2 rings (SSSR count). The quantitative estimate of drug-likeness (QED) is 0.853. The topological polar surface area (TPSA) is 41.6 Å². The summed E-state index contributed by atoms with van der Waals surface area (Å²) in [4.78, 5) is 14.0. The van der Waals surface area contributed by atoms with E-state index in [1.165, 1.54) is 0 Å². The van der Waals surface area contributed by atoms with Crippen molar-refractivity contribution < 1.29 is 9.53 Å². The van der Waals surface area contributed by atoms with Gasteiger partial charge in [-0.3, -0.25) is 0 Å². The van der Waals surface area contributed by atoms with Crippen LogP contribution in [0.15, 0.2) is 28.7 Å². The minimum Gasteiger partial charge on any atom is -0.444 e. The molecule has 1 aromatic rings. The highest BCUT2D eigenvalue weighted by Gasteiger charge is 2.27. The van der Waals surface area contributed by atoms with Crippen LogP contribution in [-0.2, 0) is 4.74 Å². The summed E-state index contributed by atoms with van der Waals surface area (Å²) in [7, 11) is 0. The molecule has 1 unspecified atom stereocenters. The number of ether oxygens (including phenoxy) is 1. The summed E-state index contributed by atoms with van der Waals surface area (Å²) in [6.45, 7) is 8.15. The van der Waals surface area contributed by atoms with Gasteiger partial charge >= 0.3 is 6.09 Å². The van der Waals surface area contributed by atoms with Crippen LogP contribution in [-0.4, -0.2) is 36.2 Å². The highest BCUT2D eigenvalue weighted by atomic mass is 79.9. The van der Waals surface area contributed by atoms with Gasteiger partial charge in [0.25, 0.3) is 0 Å². The number of nitrogens with zero attached hydrogens (tertiary/aromatic N) is 1. The van der Waals surface area contributed by atoms with E-state index in [1.54, 1.807) is 0 Å². The molecule has 0 spiro atoms. The number of nitrogens with one attached hydrogen (secondary N) is 1. The highest BCUT2D eigenvalue weighted by Crippen LogP contribution is 2.21. The van der Waals surface area contributed by atoms with Gasteiger partial charge in [0.2, 0.25) is 0 Å². The van der Waals surface area contributed by atoms with Crippen molar-refractivity contribution in [3.05, 3.63) is 28.7 Å². The van der Waals surface area contributed by atoms with E-state index in [2.05, 4.69) is 33.4 Å². The van der Waals surface area contributed by atoms with Gasteiger partial charge < -0.3 is 15.0 Å². The first-order valence-electron chi connectivity index (χ1n) is 7.81. The first-order chi connectivity index (χ1) is 10.3. The molecule has 4 nitrogen and oxygen atoms in total. The third-order valence-electron chi connectivity index (χ3n) is 3.61. The lowest BCUT2D eigenvalue weighted by molar-refractivity contribution is 0.0172. The van der Waals surface area contributed by atoms with Gasteiger partial charge in [-0.15, -0.1) is 0 Å². The molecule has 1 aromatic carbocycles. The summed E-state index contributed by atoms with van der Waals surface area (Å²) >= 11 is 3.43. The largest absolute Gasteiger partial charge is 0.444 e. The van der Waals surface area contributed by atoms with Crippen LogP contribution in [0, 0.1) is 5.92 Å². The van der Waals surface area contributed by atoms with E-state index >= 15 is 0 Å². The summed E-state index contributed by atoms with van der Waals surface area (Å²) < 4.78 is 6.54. The number of anilines is 1. The van der Waals surface area contributed by atoms with E-state index in [9.17, 15) is 4.79 Å². The van der Waals surface area contributed by atoms with Crippen molar-refractivity contribution in [3.8, 4) is 0 Å². The molecule has 1 saturated heterocycles. The predicted octanol–water partition coefficient (Wildman–Crippen LogP) is 4.51. The van der Waals surface area contributed by atoms with Gasteiger partial charge in [0.15, 0.2) is 0 Å². The van der Waals surface area contributed by atoms with Crippen LogP contribution in [0.1, 0.15) is 33.6 Å².